The van der Waals surface area contributed by atoms with Crippen molar-refractivity contribution < 1.29 is 14.7 Å². The van der Waals surface area contributed by atoms with Crippen molar-refractivity contribution in [2.75, 3.05) is 0 Å². The van der Waals surface area contributed by atoms with Crippen LogP contribution in [-0.2, 0) is 4.79 Å². The first kappa shape index (κ1) is 17.2. The number of para-hydroxylation sites is 1. The normalized spacial score (nSPS) is 12.1. The number of fused-ring (bicyclic) bond motifs is 1. The van der Waals surface area contributed by atoms with E-state index in [1.807, 2.05) is 37.3 Å². The molecule has 0 spiro atoms. The Hall–Kier alpha value is -2.60. The number of halogens is 1. The largest absolute Gasteiger partial charge is 0.481 e. The summed E-state index contributed by atoms with van der Waals surface area (Å²) in [5, 5.41) is 12.9. The van der Waals surface area contributed by atoms with Gasteiger partial charge < -0.3 is 15.4 Å². The highest BCUT2D eigenvalue weighted by Gasteiger charge is 2.20. The molecule has 0 aliphatic rings. The van der Waals surface area contributed by atoms with Crippen LogP contribution in [0.1, 0.15) is 34.1 Å². The molecule has 3 rings (SSSR count). The van der Waals surface area contributed by atoms with Crippen LogP contribution in [-0.4, -0.2) is 22.0 Å². The highest BCUT2D eigenvalue weighted by Crippen LogP contribution is 2.22. The van der Waals surface area contributed by atoms with Crippen LogP contribution in [0.4, 0.5) is 0 Å². The second-order valence-electron chi connectivity index (χ2n) is 5.90. The summed E-state index contributed by atoms with van der Waals surface area (Å²) in [6, 6.07) is 14.2. The molecule has 0 aliphatic carbocycles. The molecule has 0 saturated carbocycles. The van der Waals surface area contributed by atoms with Gasteiger partial charge in [0.2, 0.25) is 0 Å². The summed E-state index contributed by atoms with van der Waals surface area (Å²) in [5.74, 6) is -1.30. The zero-order valence-electron chi connectivity index (χ0n) is 13.5. The van der Waals surface area contributed by atoms with Crippen molar-refractivity contribution in [1.82, 2.24) is 10.3 Å². The van der Waals surface area contributed by atoms with Gasteiger partial charge in [0.15, 0.2) is 0 Å². The van der Waals surface area contributed by atoms with Crippen molar-refractivity contribution in [3.8, 4) is 0 Å². The Balaban J connectivity index is 1.87. The Kier molecular flexibility index (Phi) is 4.90. The first-order valence-electron chi connectivity index (χ1n) is 7.80. The SMILES string of the molecule is Cc1cccc2cc(C(=O)NC(CC(=O)O)c3ccc(Br)cc3)[nH]c12. The third-order valence-electron chi connectivity index (χ3n) is 4.07. The van der Waals surface area contributed by atoms with Gasteiger partial charge in [-0.05, 0) is 36.2 Å². The smallest absolute Gasteiger partial charge is 0.305 e. The first-order chi connectivity index (χ1) is 11.9. The fourth-order valence-electron chi connectivity index (χ4n) is 2.79. The average Bonchev–Trinajstić information content (AvgIpc) is 3.00. The number of amides is 1. The molecule has 25 heavy (non-hydrogen) atoms. The van der Waals surface area contributed by atoms with Crippen LogP contribution in [0.15, 0.2) is 53.0 Å². The summed E-state index contributed by atoms with van der Waals surface area (Å²) in [6.07, 6.45) is -0.188. The lowest BCUT2D eigenvalue weighted by molar-refractivity contribution is -0.137. The molecule has 0 radical (unpaired) electrons. The zero-order valence-corrected chi connectivity index (χ0v) is 15.1. The molecule has 0 bridgehead atoms. The number of H-pyrrole nitrogens is 1. The fourth-order valence-corrected chi connectivity index (χ4v) is 3.05. The van der Waals surface area contributed by atoms with E-state index in [0.29, 0.717) is 5.69 Å². The number of carbonyl (C=O) groups is 2. The second-order valence-corrected chi connectivity index (χ2v) is 6.81. The Morgan fingerprint density at radius 1 is 1.20 bits per heavy atom. The number of aliphatic carboxylic acids is 1. The van der Waals surface area contributed by atoms with Gasteiger partial charge in [0.25, 0.3) is 5.91 Å². The lowest BCUT2D eigenvalue weighted by Gasteiger charge is -2.17. The quantitative estimate of drug-likeness (QED) is 0.600. The Labute approximate surface area is 153 Å². The Morgan fingerprint density at radius 2 is 1.92 bits per heavy atom. The predicted molar refractivity (Wildman–Crippen MR) is 99.6 cm³/mol. The third-order valence-corrected chi connectivity index (χ3v) is 4.59. The van der Waals surface area contributed by atoms with Gasteiger partial charge >= 0.3 is 5.97 Å². The number of carboxylic acid groups (broad SMARTS) is 1. The van der Waals surface area contributed by atoms with E-state index in [1.54, 1.807) is 18.2 Å². The molecule has 128 valence electrons. The number of aryl methyl sites for hydroxylation is 1. The van der Waals surface area contributed by atoms with Crippen molar-refractivity contribution in [3.63, 3.8) is 0 Å². The summed E-state index contributed by atoms with van der Waals surface area (Å²) in [5.41, 5.74) is 3.11. The Morgan fingerprint density at radius 3 is 2.56 bits per heavy atom. The van der Waals surface area contributed by atoms with E-state index in [9.17, 15) is 9.59 Å². The fraction of sp³-hybridized carbons (Fsp3) is 0.158. The summed E-state index contributed by atoms with van der Waals surface area (Å²) < 4.78 is 0.891. The minimum atomic E-state index is -0.972. The number of carboxylic acids is 1. The van der Waals surface area contributed by atoms with Gasteiger partial charge in [-0.1, -0.05) is 46.3 Å². The lowest BCUT2D eigenvalue weighted by atomic mass is 10.0. The van der Waals surface area contributed by atoms with E-state index in [-0.39, 0.29) is 12.3 Å². The van der Waals surface area contributed by atoms with Crippen molar-refractivity contribution in [1.29, 1.82) is 0 Å². The molecule has 0 saturated heterocycles. The van der Waals surface area contributed by atoms with Crippen LogP contribution in [0, 0.1) is 6.92 Å². The van der Waals surface area contributed by atoms with Crippen LogP contribution in [0.5, 0.6) is 0 Å². The summed E-state index contributed by atoms with van der Waals surface area (Å²) in [6.45, 7) is 1.97. The standard InChI is InChI=1S/C19H17BrN2O3/c1-11-3-2-4-13-9-16(21-18(11)13)19(25)22-15(10-17(23)24)12-5-7-14(20)8-6-12/h2-9,15,21H,10H2,1H3,(H,22,25)(H,23,24). The molecule has 1 heterocycles. The van der Waals surface area contributed by atoms with E-state index >= 15 is 0 Å². The average molecular weight is 401 g/mol. The van der Waals surface area contributed by atoms with Crippen molar-refractivity contribution in [3.05, 3.63) is 69.8 Å². The molecule has 0 fully saturated rings. The summed E-state index contributed by atoms with van der Waals surface area (Å²) >= 11 is 3.35. The number of carbonyl (C=O) groups excluding carboxylic acids is 1. The first-order valence-corrected chi connectivity index (χ1v) is 8.60. The van der Waals surface area contributed by atoms with Crippen LogP contribution < -0.4 is 5.32 Å². The Bertz CT molecular complexity index is 931. The molecule has 1 atom stereocenters. The highest BCUT2D eigenvalue weighted by molar-refractivity contribution is 9.10. The number of rotatable bonds is 5. The summed E-state index contributed by atoms with van der Waals surface area (Å²) in [7, 11) is 0. The van der Waals surface area contributed by atoms with Gasteiger partial charge in [-0.3, -0.25) is 9.59 Å². The molecule has 1 unspecified atom stereocenters. The van der Waals surface area contributed by atoms with Crippen LogP contribution >= 0.6 is 15.9 Å². The van der Waals surface area contributed by atoms with Crippen molar-refractivity contribution in [2.45, 2.75) is 19.4 Å². The van der Waals surface area contributed by atoms with Gasteiger partial charge in [0.1, 0.15) is 5.69 Å². The summed E-state index contributed by atoms with van der Waals surface area (Å²) in [4.78, 5) is 26.9. The number of aromatic nitrogens is 1. The van der Waals surface area contributed by atoms with Crippen LogP contribution in [0.2, 0.25) is 0 Å². The second kappa shape index (κ2) is 7.11. The lowest BCUT2D eigenvalue weighted by Crippen LogP contribution is -2.30. The third kappa shape index (κ3) is 3.91. The minimum absolute atomic E-state index is 0.188. The molecule has 3 N–H and O–H groups in total. The molecular weight excluding hydrogens is 384 g/mol. The van der Waals surface area contributed by atoms with E-state index in [0.717, 1.165) is 26.5 Å². The monoisotopic (exact) mass is 400 g/mol. The van der Waals surface area contributed by atoms with Gasteiger partial charge in [0.05, 0.1) is 12.5 Å². The number of hydrogen-bond acceptors (Lipinski definition) is 2. The van der Waals surface area contributed by atoms with Crippen LogP contribution in [0.25, 0.3) is 10.9 Å². The molecule has 6 heteroatoms. The van der Waals surface area contributed by atoms with Gasteiger partial charge in [0, 0.05) is 15.4 Å². The van der Waals surface area contributed by atoms with E-state index in [4.69, 9.17) is 5.11 Å². The predicted octanol–water partition coefficient (Wildman–Crippen LogP) is 4.18. The maximum absolute atomic E-state index is 12.6. The molecule has 1 amide bonds. The molecule has 0 aliphatic heterocycles. The van der Waals surface area contributed by atoms with Gasteiger partial charge in [-0.25, -0.2) is 0 Å². The van der Waals surface area contributed by atoms with Gasteiger partial charge in [-0.2, -0.15) is 0 Å². The highest BCUT2D eigenvalue weighted by atomic mass is 79.9. The minimum Gasteiger partial charge on any atom is -0.481 e. The number of benzene rings is 2. The molecule has 5 nitrogen and oxygen atoms in total. The molecule has 2 aromatic carbocycles. The van der Waals surface area contributed by atoms with E-state index in [1.165, 1.54) is 0 Å². The van der Waals surface area contributed by atoms with E-state index < -0.39 is 12.0 Å². The number of aromatic amines is 1. The number of hydrogen-bond donors (Lipinski definition) is 3. The topological polar surface area (TPSA) is 82.2 Å². The van der Waals surface area contributed by atoms with Gasteiger partial charge in [-0.15, -0.1) is 0 Å². The number of nitrogens with one attached hydrogen (secondary N) is 2. The molecule has 3 aromatic rings. The molecular formula is C19H17BrN2O3. The van der Waals surface area contributed by atoms with E-state index in [2.05, 4.69) is 26.2 Å². The molecule has 1 aromatic heterocycles. The zero-order chi connectivity index (χ0) is 18.0. The maximum atomic E-state index is 12.6. The van der Waals surface area contributed by atoms with Crippen molar-refractivity contribution in [2.24, 2.45) is 0 Å². The maximum Gasteiger partial charge on any atom is 0.305 e. The van der Waals surface area contributed by atoms with Crippen LogP contribution in [0.3, 0.4) is 0 Å². The van der Waals surface area contributed by atoms with Crippen molar-refractivity contribution >= 4 is 38.7 Å².